The largest absolute Gasteiger partial charge is 0.481 e. The highest BCUT2D eigenvalue weighted by Crippen LogP contribution is 2.32. The Bertz CT molecular complexity index is 504. The molecule has 0 aromatic heterocycles. The van der Waals surface area contributed by atoms with E-state index in [0.717, 1.165) is 23.9 Å². The summed E-state index contributed by atoms with van der Waals surface area (Å²) in [5, 5.41) is 29.7. The third-order valence-corrected chi connectivity index (χ3v) is 2.99. The fraction of sp³-hybridized carbons (Fsp3) is 0.222. The van der Waals surface area contributed by atoms with Crippen LogP contribution in [0.1, 0.15) is 6.42 Å². The van der Waals surface area contributed by atoms with Crippen LogP contribution in [0.2, 0.25) is 0 Å². The molecule has 8 nitrogen and oxygen atoms in total. The molecule has 1 rings (SSSR count). The van der Waals surface area contributed by atoms with Gasteiger partial charge in [-0.15, -0.1) is 11.8 Å². The third-order valence-electron chi connectivity index (χ3n) is 1.92. The van der Waals surface area contributed by atoms with Crippen molar-refractivity contribution in [2.24, 2.45) is 0 Å². The van der Waals surface area contributed by atoms with Gasteiger partial charge >= 0.3 is 5.97 Å². The highest BCUT2D eigenvalue weighted by atomic mass is 32.2. The maximum Gasteiger partial charge on any atom is 0.304 e. The minimum Gasteiger partial charge on any atom is -0.481 e. The molecule has 1 aromatic carbocycles. The van der Waals surface area contributed by atoms with Crippen molar-refractivity contribution in [1.82, 2.24) is 0 Å². The number of non-ortho nitro benzene ring substituents is 1. The Hall–Kier alpha value is -2.16. The van der Waals surface area contributed by atoms with Crippen LogP contribution < -0.4 is 0 Å². The molecule has 1 N–H and O–H groups in total. The summed E-state index contributed by atoms with van der Waals surface area (Å²) in [5.41, 5.74) is -0.760. The zero-order valence-corrected chi connectivity index (χ0v) is 9.75. The molecule has 9 heteroatoms. The lowest BCUT2D eigenvalue weighted by Gasteiger charge is -2.01. The number of aliphatic carboxylic acids is 1. The summed E-state index contributed by atoms with van der Waals surface area (Å²) >= 11 is 0.979. The standard InChI is InChI=1S/C9H8N2O6S/c12-9(13)3-4-18-8-2-1-6(10(14)15)5-7(8)11(16)17/h1-2,5H,3-4H2,(H,12,13). The van der Waals surface area contributed by atoms with E-state index in [1.807, 2.05) is 0 Å². The summed E-state index contributed by atoms with van der Waals surface area (Å²) in [7, 11) is 0. The van der Waals surface area contributed by atoms with Gasteiger partial charge in [0.1, 0.15) is 0 Å². The molecular weight excluding hydrogens is 264 g/mol. The smallest absolute Gasteiger partial charge is 0.304 e. The van der Waals surface area contributed by atoms with E-state index in [-0.39, 0.29) is 28.4 Å². The van der Waals surface area contributed by atoms with Crippen LogP contribution in [-0.2, 0) is 4.79 Å². The van der Waals surface area contributed by atoms with Crippen molar-refractivity contribution in [3.63, 3.8) is 0 Å². The predicted octanol–water partition coefficient (Wildman–Crippen LogP) is 2.07. The van der Waals surface area contributed by atoms with E-state index in [9.17, 15) is 25.0 Å². The van der Waals surface area contributed by atoms with Crippen LogP contribution in [0.25, 0.3) is 0 Å². The minimum atomic E-state index is -1.01. The van der Waals surface area contributed by atoms with Gasteiger partial charge < -0.3 is 5.11 Å². The molecule has 1 aromatic rings. The molecular formula is C9H8N2O6S. The number of carboxylic acid groups (broad SMARTS) is 1. The van der Waals surface area contributed by atoms with E-state index >= 15 is 0 Å². The zero-order chi connectivity index (χ0) is 13.7. The summed E-state index contributed by atoms with van der Waals surface area (Å²) in [6, 6.07) is 3.27. The van der Waals surface area contributed by atoms with Gasteiger partial charge in [0.15, 0.2) is 0 Å². The maximum atomic E-state index is 10.7. The van der Waals surface area contributed by atoms with Crippen LogP contribution in [0.15, 0.2) is 23.1 Å². The topological polar surface area (TPSA) is 124 Å². The van der Waals surface area contributed by atoms with Crippen LogP contribution in [0.5, 0.6) is 0 Å². The number of rotatable bonds is 6. The van der Waals surface area contributed by atoms with Gasteiger partial charge in [0.2, 0.25) is 0 Å². The number of hydrogen-bond donors (Lipinski definition) is 1. The fourth-order valence-electron chi connectivity index (χ4n) is 1.13. The van der Waals surface area contributed by atoms with E-state index < -0.39 is 15.8 Å². The normalized spacial score (nSPS) is 10.0. The summed E-state index contributed by atoms with van der Waals surface area (Å²) in [4.78, 5) is 30.3. The van der Waals surface area contributed by atoms with Crippen molar-refractivity contribution >= 4 is 29.1 Å². The van der Waals surface area contributed by atoms with Gasteiger partial charge in [-0.1, -0.05) is 0 Å². The Morgan fingerprint density at radius 3 is 2.44 bits per heavy atom. The van der Waals surface area contributed by atoms with Gasteiger partial charge in [0, 0.05) is 11.8 Å². The molecule has 0 saturated heterocycles. The first kappa shape index (κ1) is 13.9. The Morgan fingerprint density at radius 1 is 1.28 bits per heavy atom. The first-order valence-corrected chi connectivity index (χ1v) is 5.68. The number of benzene rings is 1. The Balaban J connectivity index is 2.93. The van der Waals surface area contributed by atoms with Crippen molar-refractivity contribution in [2.45, 2.75) is 11.3 Å². The molecule has 0 saturated carbocycles. The number of carboxylic acids is 1. The monoisotopic (exact) mass is 272 g/mol. The van der Waals surface area contributed by atoms with Gasteiger partial charge in [-0.25, -0.2) is 0 Å². The molecule has 96 valence electrons. The van der Waals surface area contributed by atoms with E-state index in [2.05, 4.69) is 0 Å². The SMILES string of the molecule is O=C(O)CCSc1ccc([N+](=O)[O-])cc1[N+](=O)[O-]. The highest BCUT2D eigenvalue weighted by molar-refractivity contribution is 7.99. The quantitative estimate of drug-likeness (QED) is 0.477. The van der Waals surface area contributed by atoms with E-state index in [1.54, 1.807) is 0 Å². The van der Waals surface area contributed by atoms with Crippen molar-refractivity contribution in [2.75, 3.05) is 5.75 Å². The Kier molecular flexibility index (Phi) is 4.60. The molecule has 0 unspecified atom stereocenters. The number of thioether (sulfide) groups is 1. The van der Waals surface area contributed by atoms with Crippen LogP contribution >= 0.6 is 11.8 Å². The van der Waals surface area contributed by atoms with E-state index in [4.69, 9.17) is 5.11 Å². The molecule has 18 heavy (non-hydrogen) atoms. The Labute approximate surface area is 105 Å². The van der Waals surface area contributed by atoms with Gasteiger partial charge in [-0.2, -0.15) is 0 Å². The number of nitro groups is 2. The third kappa shape index (κ3) is 3.70. The number of hydrogen-bond acceptors (Lipinski definition) is 6. The van der Waals surface area contributed by atoms with Gasteiger partial charge in [0.05, 0.1) is 27.2 Å². The molecule has 0 bridgehead atoms. The summed E-state index contributed by atoms with van der Waals surface area (Å²) in [6.07, 6.45) is -0.140. The molecule has 0 aliphatic heterocycles. The molecule has 0 atom stereocenters. The Morgan fingerprint density at radius 2 is 1.94 bits per heavy atom. The second kappa shape index (κ2) is 5.96. The fourth-order valence-corrected chi connectivity index (χ4v) is 2.07. The highest BCUT2D eigenvalue weighted by Gasteiger charge is 2.19. The zero-order valence-electron chi connectivity index (χ0n) is 8.94. The molecule has 0 aliphatic carbocycles. The molecule has 0 fully saturated rings. The van der Waals surface area contributed by atoms with Crippen molar-refractivity contribution in [3.05, 3.63) is 38.4 Å². The number of nitro benzene ring substituents is 2. The van der Waals surface area contributed by atoms with Gasteiger partial charge in [0.25, 0.3) is 11.4 Å². The first-order chi connectivity index (χ1) is 8.41. The van der Waals surface area contributed by atoms with Crippen molar-refractivity contribution in [3.8, 4) is 0 Å². The number of nitrogens with zero attached hydrogens (tertiary/aromatic N) is 2. The molecule has 0 aliphatic rings. The summed E-state index contributed by atoms with van der Waals surface area (Å²) in [6.45, 7) is 0. The second-order valence-electron chi connectivity index (χ2n) is 3.16. The van der Waals surface area contributed by atoms with Gasteiger partial charge in [-0.05, 0) is 6.07 Å². The molecule has 0 spiro atoms. The minimum absolute atomic E-state index is 0.140. The first-order valence-electron chi connectivity index (χ1n) is 4.69. The van der Waals surface area contributed by atoms with E-state index in [1.165, 1.54) is 6.07 Å². The number of carbonyl (C=O) groups is 1. The lowest BCUT2D eigenvalue weighted by Crippen LogP contribution is -1.98. The molecule has 0 radical (unpaired) electrons. The predicted molar refractivity (Wildman–Crippen MR) is 62.7 cm³/mol. The molecule has 0 heterocycles. The summed E-state index contributed by atoms with van der Waals surface area (Å²) < 4.78 is 0. The van der Waals surface area contributed by atoms with Crippen LogP contribution in [-0.4, -0.2) is 26.7 Å². The van der Waals surface area contributed by atoms with Gasteiger partial charge in [-0.3, -0.25) is 25.0 Å². The second-order valence-corrected chi connectivity index (χ2v) is 4.30. The van der Waals surface area contributed by atoms with Crippen LogP contribution in [0, 0.1) is 20.2 Å². The van der Waals surface area contributed by atoms with Crippen molar-refractivity contribution < 1.29 is 19.7 Å². The van der Waals surface area contributed by atoms with Crippen LogP contribution in [0.4, 0.5) is 11.4 Å². The van der Waals surface area contributed by atoms with E-state index in [0.29, 0.717) is 0 Å². The average Bonchev–Trinajstić information content (AvgIpc) is 2.28. The molecule has 0 amide bonds. The maximum absolute atomic E-state index is 10.7. The van der Waals surface area contributed by atoms with Crippen LogP contribution in [0.3, 0.4) is 0 Å². The van der Waals surface area contributed by atoms with Crippen molar-refractivity contribution in [1.29, 1.82) is 0 Å². The average molecular weight is 272 g/mol. The lowest BCUT2D eigenvalue weighted by atomic mass is 10.3. The summed E-state index contributed by atoms with van der Waals surface area (Å²) in [5.74, 6) is -0.847. The lowest BCUT2D eigenvalue weighted by molar-refractivity contribution is -0.396.